The first-order chi connectivity index (χ1) is 11.1. The van der Waals surface area contributed by atoms with Crippen molar-refractivity contribution < 1.29 is 4.79 Å². The van der Waals surface area contributed by atoms with Gasteiger partial charge in [-0.2, -0.15) is 0 Å². The first-order valence-electron chi connectivity index (χ1n) is 7.77. The molecule has 2 aromatic carbocycles. The maximum Gasteiger partial charge on any atom is 0.239 e. The number of para-hydroxylation sites is 2. The van der Waals surface area contributed by atoms with Crippen molar-refractivity contribution in [2.75, 3.05) is 29.9 Å². The van der Waals surface area contributed by atoms with Gasteiger partial charge in [-0.15, -0.1) is 12.4 Å². The Bertz CT molecular complexity index is 708. The third kappa shape index (κ3) is 4.13. The van der Waals surface area contributed by atoms with Gasteiger partial charge in [0, 0.05) is 18.1 Å². The molecule has 1 unspecified atom stereocenters. The maximum atomic E-state index is 12.4. The molecule has 1 atom stereocenters. The van der Waals surface area contributed by atoms with Gasteiger partial charge in [-0.1, -0.05) is 41.9 Å². The Morgan fingerprint density at radius 3 is 2.75 bits per heavy atom. The molecule has 1 heterocycles. The van der Waals surface area contributed by atoms with Crippen LogP contribution in [0.1, 0.15) is 18.5 Å². The zero-order valence-electron chi connectivity index (χ0n) is 13.5. The molecule has 24 heavy (non-hydrogen) atoms. The van der Waals surface area contributed by atoms with Crippen molar-refractivity contribution in [3.8, 4) is 0 Å². The highest BCUT2D eigenvalue weighted by molar-refractivity contribution is 6.31. The summed E-state index contributed by atoms with van der Waals surface area (Å²) in [6.45, 7) is 3.94. The minimum atomic E-state index is -0.116. The smallest absolute Gasteiger partial charge is 0.239 e. The van der Waals surface area contributed by atoms with Crippen molar-refractivity contribution in [2.45, 2.75) is 13.0 Å². The topological polar surface area (TPSA) is 44.4 Å². The third-order valence-corrected chi connectivity index (χ3v) is 4.37. The molecule has 0 radical (unpaired) electrons. The summed E-state index contributed by atoms with van der Waals surface area (Å²) in [6, 6.07) is 15.5. The molecule has 1 aliphatic heterocycles. The van der Waals surface area contributed by atoms with E-state index in [0.29, 0.717) is 11.6 Å². The van der Waals surface area contributed by atoms with Crippen LogP contribution in [0.3, 0.4) is 0 Å². The van der Waals surface area contributed by atoms with E-state index in [0.717, 1.165) is 30.0 Å². The van der Waals surface area contributed by atoms with Gasteiger partial charge >= 0.3 is 0 Å². The molecule has 3 rings (SSSR count). The van der Waals surface area contributed by atoms with E-state index in [4.69, 9.17) is 11.6 Å². The van der Waals surface area contributed by atoms with Gasteiger partial charge in [-0.05, 0) is 30.7 Å². The van der Waals surface area contributed by atoms with E-state index < -0.39 is 0 Å². The third-order valence-electron chi connectivity index (χ3n) is 4.03. The van der Waals surface area contributed by atoms with Crippen molar-refractivity contribution in [1.29, 1.82) is 0 Å². The van der Waals surface area contributed by atoms with Crippen molar-refractivity contribution >= 4 is 41.3 Å². The number of halogens is 2. The van der Waals surface area contributed by atoms with E-state index >= 15 is 0 Å². The molecule has 2 aromatic rings. The van der Waals surface area contributed by atoms with Gasteiger partial charge in [0.15, 0.2) is 0 Å². The van der Waals surface area contributed by atoms with Crippen LogP contribution in [0.2, 0.25) is 5.02 Å². The molecule has 1 amide bonds. The minimum Gasteiger partial charge on any atom is -0.382 e. The molecule has 0 aliphatic carbocycles. The summed E-state index contributed by atoms with van der Waals surface area (Å²) in [6.07, 6.45) is 0. The highest BCUT2D eigenvalue weighted by atomic mass is 35.5. The highest BCUT2D eigenvalue weighted by Gasteiger charge is 2.19. The molecule has 128 valence electrons. The second-order valence-corrected chi connectivity index (χ2v) is 6.08. The quantitative estimate of drug-likeness (QED) is 0.864. The lowest BCUT2D eigenvalue weighted by Crippen LogP contribution is -2.42. The molecule has 4 nitrogen and oxygen atoms in total. The van der Waals surface area contributed by atoms with Gasteiger partial charge in [0.05, 0.1) is 24.0 Å². The standard InChI is InChI=1S/C18H20ClN3O.ClH/c1-13(14-6-2-3-7-15(14)19)21-18(23)12-22-11-10-20-16-8-4-5-9-17(16)22;/h2-9,13,20H,10-12H2,1H3,(H,21,23);1H. The monoisotopic (exact) mass is 365 g/mol. The Labute approximate surface area is 153 Å². The molecule has 0 bridgehead atoms. The number of hydrogen-bond acceptors (Lipinski definition) is 3. The lowest BCUT2D eigenvalue weighted by atomic mass is 10.1. The number of hydrogen-bond donors (Lipinski definition) is 2. The lowest BCUT2D eigenvalue weighted by molar-refractivity contribution is -0.120. The van der Waals surface area contributed by atoms with E-state index in [2.05, 4.69) is 15.5 Å². The van der Waals surface area contributed by atoms with Crippen LogP contribution in [0.15, 0.2) is 48.5 Å². The number of nitrogens with one attached hydrogen (secondary N) is 2. The van der Waals surface area contributed by atoms with Crippen molar-refractivity contribution in [2.24, 2.45) is 0 Å². The number of carbonyl (C=O) groups is 1. The number of nitrogens with zero attached hydrogens (tertiary/aromatic N) is 1. The van der Waals surface area contributed by atoms with Crippen LogP contribution in [0.25, 0.3) is 0 Å². The minimum absolute atomic E-state index is 0. The molecular formula is C18H21Cl2N3O. The molecule has 6 heteroatoms. The van der Waals surface area contributed by atoms with Gasteiger partial charge in [0.2, 0.25) is 5.91 Å². The van der Waals surface area contributed by atoms with Crippen LogP contribution in [0, 0.1) is 0 Å². The van der Waals surface area contributed by atoms with Crippen molar-refractivity contribution in [3.05, 3.63) is 59.1 Å². The van der Waals surface area contributed by atoms with E-state index in [-0.39, 0.29) is 24.4 Å². The molecular weight excluding hydrogens is 345 g/mol. The van der Waals surface area contributed by atoms with Crippen LogP contribution in [0.4, 0.5) is 11.4 Å². The molecule has 0 fully saturated rings. The van der Waals surface area contributed by atoms with Crippen molar-refractivity contribution in [1.82, 2.24) is 5.32 Å². The summed E-state index contributed by atoms with van der Waals surface area (Å²) in [4.78, 5) is 14.5. The second-order valence-electron chi connectivity index (χ2n) is 5.68. The highest BCUT2D eigenvalue weighted by Crippen LogP contribution is 2.28. The Morgan fingerprint density at radius 2 is 1.96 bits per heavy atom. The second kappa shape index (κ2) is 8.27. The molecule has 0 aromatic heterocycles. The normalized spacial score (nSPS) is 14.0. The first-order valence-corrected chi connectivity index (χ1v) is 8.14. The van der Waals surface area contributed by atoms with E-state index in [1.807, 2.05) is 55.5 Å². The van der Waals surface area contributed by atoms with Crippen LogP contribution < -0.4 is 15.5 Å². The Balaban J connectivity index is 0.00000208. The number of rotatable bonds is 4. The van der Waals surface area contributed by atoms with Crippen LogP contribution in [0.5, 0.6) is 0 Å². The molecule has 0 saturated carbocycles. The zero-order valence-corrected chi connectivity index (χ0v) is 15.0. The summed E-state index contributed by atoms with van der Waals surface area (Å²) in [5.41, 5.74) is 3.08. The van der Waals surface area contributed by atoms with Crippen molar-refractivity contribution in [3.63, 3.8) is 0 Å². The molecule has 1 aliphatic rings. The number of benzene rings is 2. The largest absolute Gasteiger partial charge is 0.382 e. The Morgan fingerprint density at radius 1 is 1.25 bits per heavy atom. The zero-order chi connectivity index (χ0) is 16.2. The lowest BCUT2D eigenvalue weighted by Gasteiger charge is -2.31. The fraction of sp³-hybridized carbons (Fsp3) is 0.278. The van der Waals surface area contributed by atoms with Gasteiger partial charge in [0.25, 0.3) is 0 Å². The number of amides is 1. The van der Waals surface area contributed by atoms with E-state index in [9.17, 15) is 4.79 Å². The number of carbonyl (C=O) groups excluding carboxylic acids is 1. The van der Waals surface area contributed by atoms with Gasteiger partial charge in [-0.25, -0.2) is 0 Å². The van der Waals surface area contributed by atoms with E-state index in [1.54, 1.807) is 0 Å². The summed E-state index contributed by atoms with van der Waals surface area (Å²) < 4.78 is 0. The predicted octanol–water partition coefficient (Wildman–Crippen LogP) is 3.87. The Hall–Kier alpha value is -1.91. The maximum absolute atomic E-state index is 12.4. The molecule has 2 N–H and O–H groups in total. The fourth-order valence-corrected chi connectivity index (χ4v) is 3.17. The summed E-state index contributed by atoms with van der Waals surface area (Å²) in [5, 5.41) is 7.05. The average Bonchev–Trinajstić information content (AvgIpc) is 2.55. The molecule has 0 spiro atoms. The van der Waals surface area contributed by atoms with E-state index in [1.165, 1.54) is 0 Å². The number of anilines is 2. The summed E-state index contributed by atoms with van der Waals surface area (Å²) in [7, 11) is 0. The van der Waals surface area contributed by atoms with Gasteiger partial charge in [0.1, 0.15) is 0 Å². The summed E-state index contributed by atoms with van der Waals surface area (Å²) in [5.74, 6) is -0.00544. The predicted molar refractivity (Wildman–Crippen MR) is 102 cm³/mol. The van der Waals surface area contributed by atoms with Crippen LogP contribution in [-0.2, 0) is 4.79 Å². The fourth-order valence-electron chi connectivity index (χ4n) is 2.87. The van der Waals surface area contributed by atoms with Crippen LogP contribution >= 0.6 is 24.0 Å². The van der Waals surface area contributed by atoms with Gasteiger partial charge < -0.3 is 15.5 Å². The summed E-state index contributed by atoms with van der Waals surface area (Å²) >= 11 is 6.19. The average molecular weight is 366 g/mol. The van der Waals surface area contributed by atoms with Gasteiger partial charge in [-0.3, -0.25) is 4.79 Å². The first kappa shape index (κ1) is 18.4. The Kier molecular flexibility index (Phi) is 6.35. The SMILES string of the molecule is CC(NC(=O)CN1CCNc2ccccc21)c1ccccc1Cl.Cl. The van der Waals surface area contributed by atoms with Crippen LogP contribution in [-0.4, -0.2) is 25.5 Å². The molecule has 0 saturated heterocycles. The number of fused-ring (bicyclic) bond motifs is 1.